The molecule has 1 aromatic carbocycles. The Morgan fingerprint density at radius 1 is 1.42 bits per heavy atom. The Balaban J connectivity index is 1.51. The van der Waals surface area contributed by atoms with E-state index in [-0.39, 0.29) is 12.5 Å². The molecular weight excluding hydrogens is 353 g/mol. The number of halogens is 1. The third kappa shape index (κ3) is 3.39. The maximum Gasteiger partial charge on any atom is 0.262 e. The first-order valence-electron chi connectivity index (χ1n) is 8.53. The lowest BCUT2D eigenvalue weighted by molar-refractivity contribution is -0.118. The molecule has 1 atom stereocenters. The second-order valence-electron chi connectivity index (χ2n) is 6.56. The van der Waals surface area contributed by atoms with E-state index in [0.717, 1.165) is 29.5 Å². The Hall–Kier alpha value is -2.54. The van der Waals surface area contributed by atoms with E-state index in [0.29, 0.717) is 17.5 Å². The van der Waals surface area contributed by atoms with Gasteiger partial charge in [-0.05, 0) is 48.9 Å². The first kappa shape index (κ1) is 16.9. The summed E-state index contributed by atoms with van der Waals surface area (Å²) in [5.41, 5.74) is 1.65. The van der Waals surface area contributed by atoms with Gasteiger partial charge in [-0.25, -0.2) is 14.4 Å². The average molecular weight is 371 g/mol. The third-order valence-corrected chi connectivity index (χ3v) is 5.67. The number of nitrogens with one attached hydrogen (secondary N) is 1. The standard InChI is InChI=1S/C19H18FN3O2S/c1-11-5-6-14-15(7-11)26-19-17(14)18(21-10-22-19)25-9-16(24)23-13-4-2-3-12(20)8-13/h2-4,8,10-11H,5-7,9H2,1H3,(H,23,24). The Kier molecular flexibility index (Phi) is 4.55. The molecule has 134 valence electrons. The largest absolute Gasteiger partial charge is 0.467 e. The molecule has 5 nitrogen and oxygen atoms in total. The Morgan fingerprint density at radius 3 is 3.15 bits per heavy atom. The van der Waals surface area contributed by atoms with Crippen LogP contribution in [0.1, 0.15) is 23.8 Å². The lowest BCUT2D eigenvalue weighted by Crippen LogP contribution is -2.20. The highest BCUT2D eigenvalue weighted by atomic mass is 32.1. The number of nitrogens with zero attached hydrogens (tertiary/aromatic N) is 2. The molecule has 2 aromatic heterocycles. The molecular formula is C19H18FN3O2S. The van der Waals surface area contributed by atoms with E-state index >= 15 is 0 Å². The fourth-order valence-electron chi connectivity index (χ4n) is 3.25. The molecule has 1 aliphatic carbocycles. The zero-order chi connectivity index (χ0) is 18.1. The topological polar surface area (TPSA) is 64.1 Å². The molecule has 1 amide bonds. The van der Waals surface area contributed by atoms with Crippen LogP contribution in [0.25, 0.3) is 10.2 Å². The minimum atomic E-state index is -0.402. The van der Waals surface area contributed by atoms with Crippen molar-refractivity contribution in [2.24, 2.45) is 5.92 Å². The fourth-order valence-corrected chi connectivity index (χ4v) is 4.59. The Labute approximate surface area is 154 Å². The van der Waals surface area contributed by atoms with Crippen molar-refractivity contribution in [3.63, 3.8) is 0 Å². The molecule has 2 heterocycles. The van der Waals surface area contributed by atoms with Gasteiger partial charge in [-0.15, -0.1) is 11.3 Å². The molecule has 0 aliphatic heterocycles. The highest BCUT2D eigenvalue weighted by Gasteiger charge is 2.23. The molecule has 0 radical (unpaired) electrons. The summed E-state index contributed by atoms with van der Waals surface area (Å²) >= 11 is 1.68. The number of rotatable bonds is 4. The molecule has 1 unspecified atom stereocenters. The van der Waals surface area contributed by atoms with Gasteiger partial charge in [-0.2, -0.15) is 0 Å². The number of hydrogen-bond acceptors (Lipinski definition) is 5. The first-order valence-corrected chi connectivity index (χ1v) is 9.35. The van der Waals surface area contributed by atoms with Gasteiger partial charge in [0.05, 0.1) is 5.39 Å². The second kappa shape index (κ2) is 6.99. The van der Waals surface area contributed by atoms with E-state index in [4.69, 9.17) is 4.74 Å². The normalized spacial score (nSPS) is 16.3. The average Bonchev–Trinajstić information content (AvgIpc) is 2.98. The summed E-state index contributed by atoms with van der Waals surface area (Å²) in [5, 5.41) is 3.55. The number of hydrogen-bond donors (Lipinski definition) is 1. The van der Waals surface area contributed by atoms with Gasteiger partial charge in [-0.3, -0.25) is 4.79 Å². The van der Waals surface area contributed by atoms with Crippen LogP contribution in [0.3, 0.4) is 0 Å². The SMILES string of the molecule is CC1CCc2c(sc3ncnc(OCC(=O)Nc4cccc(F)c4)c23)C1. The molecule has 0 bridgehead atoms. The van der Waals surface area contributed by atoms with Crippen LogP contribution in [0.4, 0.5) is 10.1 Å². The molecule has 26 heavy (non-hydrogen) atoms. The molecule has 4 rings (SSSR count). The smallest absolute Gasteiger partial charge is 0.262 e. The third-order valence-electron chi connectivity index (χ3n) is 4.51. The van der Waals surface area contributed by atoms with Crippen molar-refractivity contribution in [3.8, 4) is 5.88 Å². The van der Waals surface area contributed by atoms with Gasteiger partial charge >= 0.3 is 0 Å². The zero-order valence-electron chi connectivity index (χ0n) is 14.3. The van der Waals surface area contributed by atoms with E-state index in [1.54, 1.807) is 23.5 Å². The van der Waals surface area contributed by atoms with Gasteiger partial charge in [-0.1, -0.05) is 13.0 Å². The number of carbonyl (C=O) groups excluding carboxylic acids is 1. The van der Waals surface area contributed by atoms with Crippen molar-refractivity contribution in [2.75, 3.05) is 11.9 Å². The Morgan fingerprint density at radius 2 is 2.31 bits per heavy atom. The van der Waals surface area contributed by atoms with Crippen molar-refractivity contribution in [1.82, 2.24) is 9.97 Å². The molecule has 7 heteroatoms. The predicted molar refractivity (Wildman–Crippen MR) is 99.1 cm³/mol. The van der Waals surface area contributed by atoms with E-state index in [2.05, 4.69) is 22.2 Å². The molecule has 0 saturated heterocycles. The highest BCUT2D eigenvalue weighted by molar-refractivity contribution is 7.18. The lowest BCUT2D eigenvalue weighted by Gasteiger charge is -2.18. The number of aromatic nitrogens is 2. The summed E-state index contributed by atoms with van der Waals surface area (Å²) in [6.07, 6.45) is 4.63. The summed E-state index contributed by atoms with van der Waals surface area (Å²) in [6, 6.07) is 5.75. The van der Waals surface area contributed by atoms with Crippen LogP contribution in [0.15, 0.2) is 30.6 Å². The maximum atomic E-state index is 13.2. The van der Waals surface area contributed by atoms with E-state index < -0.39 is 5.82 Å². The second-order valence-corrected chi connectivity index (χ2v) is 7.64. The van der Waals surface area contributed by atoms with Crippen molar-refractivity contribution in [2.45, 2.75) is 26.2 Å². The van der Waals surface area contributed by atoms with Crippen LogP contribution in [-0.2, 0) is 17.6 Å². The highest BCUT2D eigenvalue weighted by Crippen LogP contribution is 2.40. The quantitative estimate of drug-likeness (QED) is 0.754. The predicted octanol–water partition coefficient (Wildman–Crippen LogP) is 3.97. The van der Waals surface area contributed by atoms with E-state index in [9.17, 15) is 9.18 Å². The summed E-state index contributed by atoms with van der Waals surface area (Å²) in [6.45, 7) is 2.07. The summed E-state index contributed by atoms with van der Waals surface area (Å²) in [7, 11) is 0. The van der Waals surface area contributed by atoms with Crippen molar-refractivity contribution in [3.05, 3.63) is 46.9 Å². The van der Waals surface area contributed by atoms with Crippen LogP contribution in [0.2, 0.25) is 0 Å². The molecule has 0 spiro atoms. The van der Waals surface area contributed by atoms with Crippen LogP contribution in [0.5, 0.6) is 5.88 Å². The molecule has 1 N–H and O–H groups in total. The van der Waals surface area contributed by atoms with Gasteiger partial charge in [0.2, 0.25) is 5.88 Å². The summed E-state index contributed by atoms with van der Waals surface area (Å²) < 4.78 is 18.9. The van der Waals surface area contributed by atoms with Crippen LogP contribution < -0.4 is 10.1 Å². The maximum absolute atomic E-state index is 13.2. The van der Waals surface area contributed by atoms with Gasteiger partial charge < -0.3 is 10.1 Å². The monoisotopic (exact) mass is 371 g/mol. The number of benzene rings is 1. The molecule has 1 aliphatic rings. The van der Waals surface area contributed by atoms with Gasteiger partial charge in [0.25, 0.3) is 5.91 Å². The van der Waals surface area contributed by atoms with Crippen molar-refractivity contribution >= 4 is 33.1 Å². The van der Waals surface area contributed by atoms with Crippen molar-refractivity contribution in [1.29, 1.82) is 0 Å². The van der Waals surface area contributed by atoms with Crippen LogP contribution in [0, 0.1) is 11.7 Å². The van der Waals surface area contributed by atoms with Gasteiger partial charge in [0.1, 0.15) is 17.0 Å². The van der Waals surface area contributed by atoms with Crippen LogP contribution in [-0.4, -0.2) is 22.5 Å². The molecule has 0 saturated carbocycles. The number of ether oxygens (including phenoxy) is 1. The minimum Gasteiger partial charge on any atom is -0.467 e. The first-order chi connectivity index (χ1) is 12.6. The van der Waals surface area contributed by atoms with Crippen LogP contribution >= 0.6 is 11.3 Å². The summed E-state index contributed by atoms with van der Waals surface area (Å²) in [4.78, 5) is 22.9. The number of amides is 1. The summed E-state index contributed by atoms with van der Waals surface area (Å²) in [5.74, 6) is 0.349. The number of carbonyl (C=O) groups is 1. The van der Waals surface area contributed by atoms with Gasteiger partial charge in [0.15, 0.2) is 6.61 Å². The molecule has 3 aromatic rings. The zero-order valence-corrected chi connectivity index (χ0v) is 15.1. The number of aryl methyl sites for hydroxylation is 1. The minimum absolute atomic E-state index is 0.191. The molecule has 0 fully saturated rings. The van der Waals surface area contributed by atoms with E-state index in [1.807, 2.05) is 0 Å². The van der Waals surface area contributed by atoms with Crippen molar-refractivity contribution < 1.29 is 13.9 Å². The number of anilines is 1. The lowest BCUT2D eigenvalue weighted by atomic mass is 9.89. The number of thiophene rings is 1. The van der Waals surface area contributed by atoms with E-state index in [1.165, 1.54) is 28.9 Å². The number of fused-ring (bicyclic) bond motifs is 3. The van der Waals surface area contributed by atoms with Gasteiger partial charge in [0, 0.05) is 10.6 Å². The Bertz CT molecular complexity index is 973. The fraction of sp³-hybridized carbons (Fsp3) is 0.316.